The summed E-state index contributed by atoms with van der Waals surface area (Å²) in [6.45, 7) is 1.93. The van der Waals surface area contributed by atoms with Crippen molar-refractivity contribution in [3.63, 3.8) is 0 Å². The highest BCUT2D eigenvalue weighted by atomic mass is 16.1. The summed E-state index contributed by atoms with van der Waals surface area (Å²) in [5, 5.41) is 0. The molecule has 2 rings (SSSR count). The molecule has 0 amide bonds. The van der Waals surface area contributed by atoms with Crippen LogP contribution in [0.3, 0.4) is 0 Å². The first-order valence-corrected chi connectivity index (χ1v) is 4.97. The lowest BCUT2D eigenvalue weighted by Crippen LogP contribution is -2.21. The molecule has 1 aromatic carbocycles. The first-order chi connectivity index (χ1) is 7.74. The third-order valence-corrected chi connectivity index (χ3v) is 2.48. The third-order valence-electron chi connectivity index (χ3n) is 2.48. The zero-order valence-electron chi connectivity index (χ0n) is 8.88. The van der Waals surface area contributed by atoms with Crippen molar-refractivity contribution in [2.75, 3.05) is 0 Å². The number of aldehydes is 1. The van der Waals surface area contributed by atoms with Crippen LogP contribution in [0.2, 0.25) is 0 Å². The van der Waals surface area contributed by atoms with Crippen LogP contribution in [-0.2, 0) is 0 Å². The van der Waals surface area contributed by atoms with Crippen LogP contribution in [0.25, 0.3) is 5.69 Å². The molecule has 3 heteroatoms. The normalized spacial score (nSPS) is 10.1. The van der Waals surface area contributed by atoms with E-state index in [4.69, 9.17) is 0 Å². The number of para-hydroxylation sites is 1. The van der Waals surface area contributed by atoms with Crippen molar-refractivity contribution in [1.29, 1.82) is 0 Å². The van der Waals surface area contributed by atoms with E-state index in [0.29, 0.717) is 6.29 Å². The van der Waals surface area contributed by atoms with E-state index in [-0.39, 0.29) is 11.1 Å². The fourth-order valence-electron chi connectivity index (χ4n) is 1.62. The van der Waals surface area contributed by atoms with E-state index >= 15 is 0 Å². The zero-order chi connectivity index (χ0) is 11.5. The number of nitrogens with zero attached hydrogens (tertiary/aromatic N) is 1. The molecule has 0 aliphatic rings. The molecule has 0 saturated carbocycles. The van der Waals surface area contributed by atoms with Gasteiger partial charge >= 0.3 is 0 Å². The topological polar surface area (TPSA) is 39.1 Å². The van der Waals surface area contributed by atoms with E-state index in [1.54, 1.807) is 12.3 Å². The molecular formula is C13H11NO2. The highest BCUT2D eigenvalue weighted by Crippen LogP contribution is 2.10. The molecule has 3 nitrogen and oxygen atoms in total. The Kier molecular flexibility index (Phi) is 2.68. The summed E-state index contributed by atoms with van der Waals surface area (Å²) in [7, 11) is 0. The minimum absolute atomic E-state index is 0.172. The van der Waals surface area contributed by atoms with Gasteiger partial charge in [0.05, 0.1) is 11.3 Å². The van der Waals surface area contributed by atoms with E-state index < -0.39 is 0 Å². The molecule has 1 aromatic heterocycles. The number of rotatable bonds is 2. The largest absolute Gasteiger partial charge is 0.298 e. The molecule has 0 spiro atoms. The van der Waals surface area contributed by atoms with Gasteiger partial charge in [0.2, 0.25) is 0 Å². The van der Waals surface area contributed by atoms with Crippen LogP contribution in [-0.4, -0.2) is 10.9 Å². The van der Waals surface area contributed by atoms with Gasteiger partial charge in [0.15, 0.2) is 6.29 Å². The highest BCUT2D eigenvalue weighted by molar-refractivity contribution is 5.74. The summed E-state index contributed by atoms with van der Waals surface area (Å²) in [6, 6.07) is 10.8. The summed E-state index contributed by atoms with van der Waals surface area (Å²) in [5.41, 5.74) is 1.68. The number of hydrogen-bond donors (Lipinski definition) is 0. The Morgan fingerprint density at radius 1 is 1.12 bits per heavy atom. The molecule has 0 fully saturated rings. The van der Waals surface area contributed by atoms with Gasteiger partial charge in [0.1, 0.15) is 0 Å². The number of carbonyl (C=O) groups excluding carboxylic acids is 1. The maximum absolute atomic E-state index is 11.9. The van der Waals surface area contributed by atoms with Crippen molar-refractivity contribution < 1.29 is 4.79 Å². The minimum atomic E-state index is -0.285. The average Bonchev–Trinajstić information content (AvgIpc) is 2.31. The summed E-state index contributed by atoms with van der Waals surface area (Å²) in [6.07, 6.45) is 2.24. The van der Waals surface area contributed by atoms with Crippen LogP contribution in [0, 0.1) is 6.92 Å². The zero-order valence-corrected chi connectivity index (χ0v) is 8.88. The summed E-state index contributed by atoms with van der Waals surface area (Å²) < 4.78 is 1.49. The van der Waals surface area contributed by atoms with Crippen molar-refractivity contribution in [3.05, 3.63) is 64.1 Å². The van der Waals surface area contributed by atoms with Crippen LogP contribution >= 0.6 is 0 Å². The van der Waals surface area contributed by atoms with Crippen LogP contribution < -0.4 is 5.56 Å². The Balaban J connectivity index is 2.71. The third kappa shape index (κ3) is 1.67. The maximum atomic E-state index is 11.9. The standard InChI is InChI=1S/C13H11NO2/c1-10-5-2-3-7-12(10)14-8-4-6-11(9-15)13(14)16/h2-9H,1H3. The number of pyridine rings is 1. The Labute approximate surface area is 93.0 Å². The average molecular weight is 213 g/mol. The lowest BCUT2D eigenvalue weighted by Gasteiger charge is -2.08. The second kappa shape index (κ2) is 4.14. The van der Waals surface area contributed by atoms with Gasteiger partial charge in [-0.25, -0.2) is 0 Å². The van der Waals surface area contributed by atoms with Crippen molar-refractivity contribution >= 4 is 6.29 Å². The Morgan fingerprint density at radius 2 is 1.88 bits per heavy atom. The van der Waals surface area contributed by atoms with E-state index in [1.807, 2.05) is 31.2 Å². The highest BCUT2D eigenvalue weighted by Gasteiger charge is 2.05. The number of aromatic nitrogens is 1. The van der Waals surface area contributed by atoms with Gasteiger partial charge in [0, 0.05) is 6.20 Å². The molecule has 0 unspecified atom stereocenters. The summed E-state index contributed by atoms with van der Waals surface area (Å²) >= 11 is 0. The molecule has 1 heterocycles. The minimum Gasteiger partial charge on any atom is -0.298 e. The van der Waals surface area contributed by atoms with Crippen molar-refractivity contribution in [2.24, 2.45) is 0 Å². The Bertz CT molecular complexity index is 584. The molecule has 0 bridgehead atoms. The van der Waals surface area contributed by atoms with Crippen molar-refractivity contribution in [2.45, 2.75) is 6.92 Å². The molecule has 0 saturated heterocycles. The Morgan fingerprint density at radius 3 is 2.56 bits per heavy atom. The molecule has 0 aliphatic carbocycles. The van der Waals surface area contributed by atoms with Crippen LogP contribution in [0.4, 0.5) is 0 Å². The fraction of sp³-hybridized carbons (Fsp3) is 0.0769. The lowest BCUT2D eigenvalue weighted by molar-refractivity contribution is 0.112. The lowest BCUT2D eigenvalue weighted by atomic mass is 10.2. The van der Waals surface area contributed by atoms with Gasteiger partial charge in [-0.1, -0.05) is 18.2 Å². The van der Waals surface area contributed by atoms with Gasteiger partial charge in [-0.3, -0.25) is 14.2 Å². The van der Waals surface area contributed by atoms with E-state index in [0.717, 1.165) is 11.3 Å². The molecule has 80 valence electrons. The first kappa shape index (κ1) is 10.4. The number of aryl methyl sites for hydroxylation is 1. The van der Waals surface area contributed by atoms with Gasteiger partial charge in [-0.2, -0.15) is 0 Å². The maximum Gasteiger partial charge on any atom is 0.265 e. The second-order valence-electron chi connectivity index (χ2n) is 3.54. The Hall–Kier alpha value is -2.16. The van der Waals surface area contributed by atoms with Gasteiger partial charge in [-0.05, 0) is 30.7 Å². The predicted molar refractivity (Wildman–Crippen MR) is 62.2 cm³/mol. The molecule has 0 atom stereocenters. The molecule has 16 heavy (non-hydrogen) atoms. The van der Waals surface area contributed by atoms with Gasteiger partial charge in [0.25, 0.3) is 5.56 Å². The number of benzene rings is 1. The number of hydrogen-bond acceptors (Lipinski definition) is 2. The SMILES string of the molecule is Cc1ccccc1-n1cccc(C=O)c1=O. The van der Waals surface area contributed by atoms with Crippen LogP contribution in [0.5, 0.6) is 0 Å². The predicted octanol–water partition coefficient (Wildman–Crippen LogP) is 1.96. The quantitative estimate of drug-likeness (QED) is 0.715. The first-order valence-electron chi connectivity index (χ1n) is 4.97. The summed E-state index contributed by atoms with van der Waals surface area (Å²) in [4.78, 5) is 22.6. The fourth-order valence-corrected chi connectivity index (χ4v) is 1.62. The van der Waals surface area contributed by atoms with E-state index in [2.05, 4.69) is 0 Å². The molecule has 0 radical (unpaired) electrons. The van der Waals surface area contributed by atoms with Gasteiger partial charge < -0.3 is 0 Å². The molecule has 0 N–H and O–H groups in total. The molecule has 2 aromatic rings. The number of carbonyl (C=O) groups is 1. The molecule has 0 aliphatic heterocycles. The summed E-state index contributed by atoms with van der Waals surface area (Å²) in [5.74, 6) is 0. The van der Waals surface area contributed by atoms with Crippen molar-refractivity contribution in [1.82, 2.24) is 4.57 Å². The van der Waals surface area contributed by atoms with Crippen LogP contribution in [0.15, 0.2) is 47.4 Å². The molecular weight excluding hydrogens is 202 g/mol. The monoisotopic (exact) mass is 213 g/mol. The smallest absolute Gasteiger partial charge is 0.265 e. The van der Waals surface area contributed by atoms with E-state index in [9.17, 15) is 9.59 Å². The second-order valence-corrected chi connectivity index (χ2v) is 3.54. The van der Waals surface area contributed by atoms with Crippen LogP contribution in [0.1, 0.15) is 15.9 Å². The van der Waals surface area contributed by atoms with Crippen molar-refractivity contribution in [3.8, 4) is 5.69 Å². The van der Waals surface area contributed by atoms with E-state index in [1.165, 1.54) is 10.6 Å². The van der Waals surface area contributed by atoms with Gasteiger partial charge in [-0.15, -0.1) is 0 Å².